The number of aromatic nitrogens is 2. The zero-order valence-electron chi connectivity index (χ0n) is 17.6. The first-order valence-corrected chi connectivity index (χ1v) is 10.7. The van der Waals surface area contributed by atoms with Gasteiger partial charge in [0.2, 0.25) is 5.91 Å². The molecule has 1 aromatic carbocycles. The summed E-state index contributed by atoms with van der Waals surface area (Å²) in [5, 5.41) is 0. The van der Waals surface area contributed by atoms with Crippen molar-refractivity contribution in [2.45, 2.75) is 52.0 Å². The largest absolute Gasteiger partial charge is 0.342 e. The smallest absolute Gasteiger partial charge is 0.256 e. The molecule has 4 rings (SSSR count). The van der Waals surface area contributed by atoms with Crippen LogP contribution in [0.3, 0.4) is 0 Å². The van der Waals surface area contributed by atoms with Crippen LogP contribution in [0, 0.1) is 6.92 Å². The van der Waals surface area contributed by atoms with Crippen LogP contribution >= 0.6 is 0 Å². The maximum Gasteiger partial charge on any atom is 0.256 e. The molecule has 0 spiro atoms. The van der Waals surface area contributed by atoms with E-state index < -0.39 is 0 Å². The van der Waals surface area contributed by atoms with Crippen molar-refractivity contribution in [2.24, 2.45) is 0 Å². The number of H-pyrrole nitrogens is 1. The number of hydrogen-bond acceptors (Lipinski definition) is 4. The summed E-state index contributed by atoms with van der Waals surface area (Å²) in [6, 6.07) is 7.49. The first kappa shape index (κ1) is 20.3. The number of piperidine rings is 1. The molecule has 1 atom stereocenters. The first-order chi connectivity index (χ1) is 14.5. The second kappa shape index (κ2) is 8.42. The summed E-state index contributed by atoms with van der Waals surface area (Å²) in [5.41, 5.74) is 2.91. The normalized spacial score (nSPS) is 18.8. The molecule has 0 bridgehead atoms. The van der Waals surface area contributed by atoms with Crippen molar-refractivity contribution in [3.05, 3.63) is 62.8 Å². The Bertz CT molecular complexity index is 1010. The van der Waals surface area contributed by atoms with Crippen LogP contribution in [0.25, 0.3) is 0 Å². The highest BCUT2D eigenvalue weighted by Crippen LogP contribution is 2.26. The van der Waals surface area contributed by atoms with Crippen LogP contribution in [-0.2, 0) is 17.8 Å². The third-order valence-corrected chi connectivity index (χ3v) is 6.14. The lowest BCUT2D eigenvalue weighted by Gasteiger charge is -2.33. The van der Waals surface area contributed by atoms with Gasteiger partial charge in [-0.2, -0.15) is 0 Å². The van der Waals surface area contributed by atoms with E-state index in [9.17, 15) is 14.4 Å². The van der Waals surface area contributed by atoms with Gasteiger partial charge in [0.15, 0.2) is 0 Å². The SMILES string of the molecule is CCC(=O)N1CCC[C@H](c2nc3c(c(=O)[nH]2)CN(C(=O)c2ccc(C)cc2)CC3)C1. The van der Waals surface area contributed by atoms with Gasteiger partial charge in [0.25, 0.3) is 11.5 Å². The Balaban J connectivity index is 1.53. The van der Waals surface area contributed by atoms with Crippen molar-refractivity contribution in [1.29, 1.82) is 0 Å². The highest BCUT2D eigenvalue weighted by atomic mass is 16.2. The van der Waals surface area contributed by atoms with Crippen LogP contribution in [0.15, 0.2) is 29.1 Å². The van der Waals surface area contributed by atoms with Gasteiger partial charge in [0.05, 0.1) is 17.8 Å². The van der Waals surface area contributed by atoms with Crippen molar-refractivity contribution in [3.8, 4) is 0 Å². The number of nitrogens with zero attached hydrogens (tertiary/aromatic N) is 3. The number of rotatable bonds is 3. The average Bonchev–Trinajstić information content (AvgIpc) is 2.78. The summed E-state index contributed by atoms with van der Waals surface area (Å²) >= 11 is 0. The van der Waals surface area contributed by atoms with E-state index in [-0.39, 0.29) is 29.8 Å². The summed E-state index contributed by atoms with van der Waals surface area (Å²) in [7, 11) is 0. The van der Waals surface area contributed by atoms with E-state index in [0.29, 0.717) is 42.9 Å². The van der Waals surface area contributed by atoms with E-state index in [0.717, 1.165) is 30.6 Å². The number of likely N-dealkylation sites (tertiary alicyclic amines) is 1. The third kappa shape index (κ3) is 4.01. The predicted octanol–water partition coefficient (Wildman–Crippen LogP) is 2.39. The van der Waals surface area contributed by atoms with Gasteiger partial charge in [-0.05, 0) is 31.9 Å². The number of fused-ring (bicyclic) bond motifs is 1. The number of amides is 2. The highest BCUT2D eigenvalue weighted by molar-refractivity contribution is 5.94. The van der Waals surface area contributed by atoms with Gasteiger partial charge < -0.3 is 14.8 Å². The van der Waals surface area contributed by atoms with E-state index in [2.05, 4.69) is 4.98 Å². The fraction of sp³-hybridized carbons (Fsp3) is 0.478. The van der Waals surface area contributed by atoms with Gasteiger partial charge in [-0.1, -0.05) is 24.6 Å². The molecule has 1 saturated heterocycles. The number of carbonyl (C=O) groups excluding carboxylic acids is 2. The van der Waals surface area contributed by atoms with E-state index in [1.54, 1.807) is 4.90 Å². The number of hydrogen-bond donors (Lipinski definition) is 1. The highest BCUT2D eigenvalue weighted by Gasteiger charge is 2.29. The standard InChI is InChI=1S/C23H28N4O3/c1-3-20(28)26-11-4-5-17(13-26)21-24-19-10-12-27(14-18(19)22(29)25-21)23(30)16-8-6-15(2)7-9-16/h6-9,17H,3-5,10-14H2,1-2H3,(H,24,25,29)/t17-/m0/s1. The van der Waals surface area contributed by atoms with E-state index in [1.165, 1.54) is 0 Å². The van der Waals surface area contributed by atoms with Gasteiger partial charge in [-0.3, -0.25) is 14.4 Å². The Hall–Kier alpha value is -2.96. The van der Waals surface area contributed by atoms with Crippen LogP contribution in [0.5, 0.6) is 0 Å². The summed E-state index contributed by atoms with van der Waals surface area (Å²) in [6.07, 6.45) is 2.88. The Morgan fingerprint density at radius 1 is 1.17 bits per heavy atom. The maximum absolute atomic E-state index is 12.8. The molecule has 30 heavy (non-hydrogen) atoms. The summed E-state index contributed by atoms with van der Waals surface area (Å²) < 4.78 is 0. The lowest BCUT2D eigenvalue weighted by atomic mass is 9.96. The van der Waals surface area contributed by atoms with Crippen LogP contribution in [0.4, 0.5) is 0 Å². The second-order valence-corrected chi connectivity index (χ2v) is 8.25. The van der Waals surface area contributed by atoms with Gasteiger partial charge in [0, 0.05) is 44.0 Å². The molecule has 2 amide bonds. The van der Waals surface area contributed by atoms with Crippen molar-refractivity contribution in [1.82, 2.24) is 19.8 Å². The Kier molecular flexibility index (Phi) is 5.70. The summed E-state index contributed by atoms with van der Waals surface area (Å²) in [5.74, 6) is 0.806. The van der Waals surface area contributed by atoms with Gasteiger partial charge in [-0.15, -0.1) is 0 Å². The lowest BCUT2D eigenvalue weighted by molar-refractivity contribution is -0.132. The van der Waals surface area contributed by atoms with Crippen molar-refractivity contribution in [2.75, 3.05) is 19.6 Å². The molecule has 3 heterocycles. The zero-order valence-corrected chi connectivity index (χ0v) is 17.6. The Labute approximate surface area is 176 Å². The van der Waals surface area contributed by atoms with Crippen LogP contribution in [0.2, 0.25) is 0 Å². The van der Waals surface area contributed by atoms with Crippen molar-refractivity contribution < 1.29 is 9.59 Å². The number of aromatic amines is 1. The summed E-state index contributed by atoms with van der Waals surface area (Å²) in [6.45, 7) is 6.05. The predicted molar refractivity (Wildman–Crippen MR) is 113 cm³/mol. The number of carbonyl (C=O) groups is 2. The Morgan fingerprint density at radius 3 is 2.67 bits per heavy atom. The fourth-order valence-electron chi connectivity index (χ4n) is 4.34. The van der Waals surface area contributed by atoms with Crippen molar-refractivity contribution in [3.63, 3.8) is 0 Å². The molecule has 1 fully saturated rings. The molecule has 1 N–H and O–H groups in total. The molecule has 0 aliphatic carbocycles. The molecule has 2 aromatic rings. The van der Waals surface area contributed by atoms with Crippen molar-refractivity contribution >= 4 is 11.8 Å². The molecule has 158 valence electrons. The third-order valence-electron chi connectivity index (χ3n) is 6.14. The van der Waals surface area contributed by atoms with E-state index >= 15 is 0 Å². The topological polar surface area (TPSA) is 86.4 Å². The van der Waals surface area contributed by atoms with Gasteiger partial charge in [-0.25, -0.2) is 4.98 Å². The van der Waals surface area contributed by atoms with Crippen LogP contribution < -0.4 is 5.56 Å². The molecule has 7 nitrogen and oxygen atoms in total. The molecule has 7 heteroatoms. The average molecular weight is 409 g/mol. The van der Waals surface area contributed by atoms with Gasteiger partial charge in [0.1, 0.15) is 5.82 Å². The molecule has 2 aliphatic rings. The molecule has 0 radical (unpaired) electrons. The lowest BCUT2D eigenvalue weighted by Crippen LogP contribution is -2.42. The molecular formula is C23H28N4O3. The first-order valence-electron chi connectivity index (χ1n) is 10.7. The van der Waals surface area contributed by atoms with E-state index in [1.807, 2.05) is 43.0 Å². The Morgan fingerprint density at radius 2 is 1.93 bits per heavy atom. The molecule has 1 aromatic heterocycles. The monoisotopic (exact) mass is 408 g/mol. The quantitative estimate of drug-likeness (QED) is 0.845. The minimum Gasteiger partial charge on any atom is -0.342 e. The fourth-order valence-corrected chi connectivity index (χ4v) is 4.34. The minimum atomic E-state index is -0.171. The minimum absolute atomic E-state index is 0.0551. The molecule has 0 saturated carbocycles. The van der Waals surface area contributed by atoms with Gasteiger partial charge >= 0.3 is 0 Å². The zero-order chi connectivity index (χ0) is 21.3. The molecular weight excluding hydrogens is 380 g/mol. The van der Waals surface area contributed by atoms with E-state index in [4.69, 9.17) is 4.98 Å². The number of nitrogens with one attached hydrogen (secondary N) is 1. The summed E-state index contributed by atoms with van der Waals surface area (Å²) in [4.78, 5) is 49.0. The van der Waals surface area contributed by atoms with Crippen LogP contribution in [0.1, 0.15) is 65.1 Å². The number of aryl methyl sites for hydroxylation is 1. The second-order valence-electron chi connectivity index (χ2n) is 8.25. The maximum atomic E-state index is 12.8. The molecule has 0 unspecified atom stereocenters. The van der Waals surface area contributed by atoms with Crippen LogP contribution in [-0.4, -0.2) is 51.2 Å². The molecule has 2 aliphatic heterocycles. The number of benzene rings is 1.